The molecule has 0 unspecified atom stereocenters. The summed E-state index contributed by atoms with van der Waals surface area (Å²) in [6.07, 6.45) is 1.85. The second-order valence-electron chi connectivity index (χ2n) is 7.36. The van der Waals surface area contributed by atoms with Gasteiger partial charge in [-0.25, -0.2) is 4.98 Å². The van der Waals surface area contributed by atoms with Crippen molar-refractivity contribution in [3.05, 3.63) is 46.5 Å². The molecule has 0 atom stereocenters. The summed E-state index contributed by atoms with van der Waals surface area (Å²) >= 11 is 3.31. The highest BCUT2D eigenvalue weighted by Crippen LogP contribution is 2.31. The van der Waals surface area contributed by atoms with Gasteiger partial charge in [0.1, 0.15) is 0 Å². The van der Waals surface area contributed by atoms with Gasteiger partial charge in [0, 0.05) is 27.8 Å². The van der Waals surface area contributed by atoms with Gasteiger partial charge in [-0.05, 0) is 17.6 Å². The maximum absolute atomic E-state index is 4.51. The molecule has 2 aromatic heterocycles. The van der Waals surface area contributed by atoms with E-state index in [0.717, 1.165) is 0 Å². The molecule has 0 amide bonds. The van der Waals surface area contributed by atoms with Crippen LogP contribution in [0.1, 0.15) is 67.1 Å². The zero-order valence-corrected chi connectivity index (χ0v) is 15.8. The Morgan fingerprint density at radius 1 is 0.875 bits per heavy atom. The summed E-state index contributed by atoms with van der Waals surface area (Å²) in [6, 6.07) is 8.42. The molecule has 4 heteroatoms. The van der Waals surface area contributed by atoms with E-state index in [1.807, 2.05) is 11.6 Å². The van der Waals surface area contributed by atoms with Gasteiger partial charge in [0.25, 0.3) is 0 Å². The molecule has 0 aliphatic rings. The maximum atomic E-state index is 4.51. The molecule has 0 saturated carbocycles. The summed E-state index contributed by atoms with van der Waals surface area (Å²) in [5, 5.41) is 4.53. The number of nitrogens with zero attached hydrogens (tertiary/aromatic N) is 2. The fraction of sp³-hybridized carbons (Fsp3) is 0.500. The molecule has 2 heterocycles. The maximum Gasteiger partial charge on any atom is 0.0978 e. The third kappa shape index (κ3) is 5.67. The van der Waals surface area contributed by atoms with Crippen LogP contribution < -0.4 is 0 Å². The van der Waals surface area contributed by atoms with E-state index in [-0.39, 0.29) is 25.7 Å². The lowest BCUT2D eigenvalue weighted by molar-refractivity contribution is 0.581. The molecule has 2 nitrogen and oxygen atoms in total. The molecule has 0 aliphatic heterocycles. The average Bonchev–Trinajstić information content (AvgIpc) is 3.07. The molecular weight excluding hydrogens is 332 g/mol. The second kappa shape index (κ2) is 8.72. The van der Waals surface area contributed by atoms with Crippen molar-refractivity contribution in [3.8, 4) is 0 Å². The van der Waals surface area contributed by atoms with Crippen molar-refractivity contribution in [2.45, 2.75) is 67.2 Å². The Balaban J connectivity index is 0.000000431. The molecule has 3 aromatic rings. The molecule has 1 aromatic carbocycles. The van der Waals surface area contributed by atoms with Crippen molar-refractivity contribution in [2.24, 2.45) is 0 Å². The monoisotopic (exact) mass is 364 g/mol. The van der Waals surface area contributed by atoms with Crippen LogP contribution in [0.2, 0.25) is 0 Å². The molecule has 0 fully saturated rings. The molecular formula is C20H32N2S2. The molecule has 134 valence electrons. The van der Waals surface area contributed by atoms with E-state index in [0.29, 0.717) is 0 Å². The minimum Gasteiger partial charge on any atom is -0.249 e. The molecule has 0 N–H and O–H groups in total. The number of benzene rings is 1. The molecule has 3 rings (SSSR count). The van der Waals surface area contributed by atoms with Crippen molar-refractivity contribution in [2.75, 3.05) is 0 Å². The SMILES string of the molecule is C.C.CC(C)(C)c1nccs1.CC(C)(C)c1nsc2ccccc12. The number of aromatic nitrogens is 2. The zero-order chi connectivity index (χ0) is 16.4. The third-order valence-corrected chi connectivity index (χ3v) is 5.19. The lowest BCUT2D eigenvalue weighted by atomic mass is 9.90. The van der Waals surface area contributed by atoms with E-state index in [1.165, 1.54) is 20.8 Å². The Morgan fingerprint density at radius 3 is 1.96 bits per heavy atom. The average molecular weight is 365 g/mol. The van der Waals surface area contributed by atoms with Gasteiger partial charge in [0.05, 0.1) is 15.4 Å². The van der Waals surface area contributed by atoms with E-state index in [1.54, 1.807) is 22.9 Å². The van der Waals surface area contributed by atoms with Crippen LogP contribution in [0.5, 0.6) is 0 Å². The predicted molar refractivity (Wildman–Crippen MR) is 113 cm³/mol. The highest BCUT2D eigenvalue weighted by molar-refractivity contribution is 7.13. The van der Waals surface area contributed by atoms with Gasteiger partial charge < -0.3 is 0 Å². The molecule has 0 spiro atoms. The lowest BCUT2D eigenvalue weighted by Gasteiger charge is -2.15. The topological polar surface area (TPSA) is 25.8 Å². The van der Waals surface area contributed by atoms with Crippen LogP contribution >= 0.6 is 22.9 Å². The standard InChI is InChI=1S/C11H13NS.C7H11NS.2CH4/c1-11(2,3)10-8-6-4-5-7-9(8)13-12-10;1-7(2,3)6-8-4-5-9-6;;/h4-7H,1-3H3;4-5H,1-3H3;2*1H4. The number of hydrogen-bond donors (Lipinski definition) is 0. The minimum atomic E-state index is 0. The Bertz CT molecular complexity index is 714. The lowest BCUT2D eigenvalue weighted by Crippen LogP contribution is -2.11. The van der Waals surface area contributed by atoms with Crippen LogP contribution in [-0.2, 0) is 10.8 Å². The number of rotatable bonds is 0. The number of fused-ring (bicyclic) bond motifs is 1. The van der Waals surface area contributed by atoms with E-state index < -0.39 is 0 Å². The van der Waals surface area contributed by atoms with E-state index in [2.05, 4.69) is 75.2 Å². The molecule has 24 heavy (non-hydrogen) atoms. The second-order valence-corrected chi connectivity index (χ2v) is 9.06. The van der Waals surface area contributed by atoms with Crippen LogP contribution in [0.3, 0.4) is 0 Å². The zero-order valence-electron chi connectivity index (χ0n) is 14.2. The first-order chi connectivity index (χ1) is 10.2. The first-order valence-electron chi connectivity index (χ1n) is 7.44. The van der Waals surface area contributed by atoms with Crippen LogP contribution in [0, 0.1) is 0 Å². The van der Waals surface area contributed by atoms with Crippen molar-refractivity contribution in [3.63, 3.8) is 0 Å². The molecule has 0 bridgehead atoms. The van der Waals surface area contributed by atoms with Gasteiger partial charge in [-0.15, -0.1) is 11.3 Å². The number of hydrogen-bond acceptors (Lipinski definition) is 4. The van der Waals surface area contributed by atoms with E-state index in [4.69, 9.17) is 0 Å². The van der Waals surface area contributed by atoms with Crippen molar-refractivity contribution in [1.82, 2.24) is 9.36 Å². The summed E-state index contributed by atoms with van der Waals surface area (Å²) in [4.78, 5) is 4.21. The summed E-state index contributed by atoms with van der Waals surface area (Å²) in [7, 11) is 0. The van der Waals surface area contributed by atoms with Crippen molar-refractivity contribution >= 4 is 33.0 Å². The summed E-state index contributed by atoms with van der Waals surface area (Å²) in [5.41, 5.74) is 1.60. The molecule has 0 saturated heterocycles. The Hall–Kier alpha value is -1.26. The molecule has 0 radical (unpaired) electrons. The third-order valence-electron chi connectivity index (χ3n) is 3.16. The van der Waals surface area contributed by atoms with Crippen LogP contribution in [0.4, 0.5) is 0 Å². The van der Waals surface area contributed by atoms with Crippen LogP contribution in [0.25, 0.3) is 10.1 Å². The van der Waals surface area contributed by atoms with Gasteiger partial charge in [-0.1, -0.05) is 74.6 Å². The Labute approximate surface area is 156 Å². The highest BCUT2D eigenvalue weighted by atomic mass is 32.1. The normalized spacial score (nSPS) is 11.1. The van der Waals surface area contributed by atoms with Crippen LogP contribution in [-0.4, -0.2) is 9.36 Å². The fourth-order valence-electron chi connectivity index (χ4n) is 2.02. The summed E-state index contributed by atoms with van der Waals surface area (Å²) in [5.74, 6) is 0. The van der Waals surface area contributed by atoms with Crippen molar-refractivity contribution in [1.29, 1.82) is 0 Å². The largest absolute Gasteiger partial charge is 0.249 e. The first kappa shape index (κ1) is 22.7. The van der Waals surface area contributed by atoms with Gasteiger partial charge in [0.2, 0.25) is 0 Å². The van der Waals surface area contributed by atoms with Gasteiger partial charge in [0.15, 0.2) is 0 Å². The summed E-state index contributed by atoms with van der Waals surface area (Å²) in [6.45, 7) is 13.1. The summed E-state index contributed by atoms with van der Waals surface area (Å²) < 4.78 is 5.79. The fourth-order valence-corrected chi connectivity index (χ4v) is 3.71. The Kier molecular flexibility index (Phi) is 8.27. The van der Waals surface area contributed by atoms with Gasteiger partial charge in [-0.3, -0.25) is 0 Å². The van der Waals surface area contributed by atoms with E-state index >= 15 is 0 Å². The smallest absolute Gasteiger partial charge is 0.0978 e. The van der Waals surface area contributed by atoms with E-state index in [9.17, 15) is 0 Å². The Morgan fingerprint density at radius 2 is 1.50 bits per heavy atom. The quantitative estimate of drug-likeness (QED) is 0.418. The number of thiazole rings is 1. The molecule has 0 aliphatic carbocycles. The minimum absolute atomic E-state index is 0. The van der Waals surface area contributed by atoms with Crippen molar-refractivity contribution < 1.29 is 0 Å². The predicted octanol–water partition coefficient (Wildman–Crippen LogP) is 7.31. The first-order valence-corrected chi connectivity index (χ1v) is 9.10. The van der Waals surface area contributed by atoms with Gasteiger partial charge in [-0.2, -0.15) is 4.37 Å². The van der Waals surface area contributed by atoms with Gasteiger partial charge >= 0.3 is 0 Å². The highest BCUT2D eigenvalue weighted by Gasteiger charge is 2.19. The van der Waals surface area contributed by atoms with Crippen LogP contribution in [0.15, 0.2) is 35.8 Å².